The number of halogens is 1. The molecule has 1 saturated heterocycles. The summed E-state index contributed by atoms with van der Waals surface area (Å²) in [5.74, 6) is 0.0758. The summed E-state index contributed by atoms with van der Waals surface area (Å²) in [4.78, 5) is 13.5. The molecule has 1 aliphatic rings. The zero-order valence-electron chi connectivity index (χ0n) is 10.9. The SMILES string of the molecule is Cc1ccc(NC(=O)[C@H](C)[NH+]2CCCC2)cc1Cl. The number of hydrogen-bond acceptors (Lipinski definition) is 1. The molecular weight excluding hydrogens is 248 g/mol. The van der Waals surface area contributed by atoms with Crippen molar-refractivity contribution < 1.29 is 9.69 Å². The predicted molar refractivity (Wildman–Crippen MR) is 74.2 cm³/mol. The first-order valence-electron chi connectivity index (χ1n) is 6.49. The molecule has 1 aromatic carbocycles. The highest BCUT2D eigenvalue weighted by atomic mass is 35.5. The third kappa shape index (κ3) is 3.03. The van der Waals surface area contributed by atoms with Gasteiger partial charge in [-0.3, -0.25) is 4.79 Å². The summed E-state index contributed by atoms with van der Waals surface area (Å²) in [6.45, 7) is 6.14. The maximum atomic E-state index is 12.1. The van der Waals surface area contributed by atoms with Crippen LogP contribution in [0.15, 0.2) is 18.2 Å². The number of likely N-dealkylation sites (tertiary alicyclic amines) is 1. The van der Waals surface area contributed by atoms with Crippen LogP contribution in [0.1, 0.15) is 25.3 Å². The van der Waals surface area contributed by atoms with Crippen LogP contribution < -0.4 is 10.2 Å². The van der Waals surface area contributed by atoms with Gasteiger partial charge in [0, 0.05) is 23.6 Å². The lowest BCUT2D eigenvalue weighted by atomic mass is 10.2. The van der Waals surface area contributed by atoms with Crippen LogP contribution in [0.3, 0.4) is 0 Å². The Morgan fingerprint density at radius 1 is 1.39 bits per heavy atom. The van der Waals surface area contributed by atoms with Crippen LogP contribution in [0.25, 0.3) is 0 Å². The zero-order chi connectivity index (χ0) is 13.1. The number of nitrogens with one attached hydrogen (secondary N) is 2. The Hall–Kier alpha value is -1.06. The van der Waals surface area contributed by atoms with E-state index in [4.69, 9.17) is 11.6 Å². The van der Waals surface area contributed by atoms with Gasteiger partial charge in [-0.05, 0) is 31.5 Å². The van der Waals surface area contributed by atoms with Gasteiger partial charge >= 0.3 is 0 Å². The molecule has 0 unspecified atom stereocenters. The number of benzene rings is 1. The van der Waals surface area contributed by atoms with Gasteiger partial charge in [0.15, 0.2) is 6.04 Å². The Morgan fingerprint density at radius 2 is 2.06 bits per heavy atom. The number of quaternary nitrogens is 1. The third-order valence-electron chi connectivity index (χ3n) is 3.69. The van der Waals surface area contributed by atoms with E-state index in [1.165, 1.54) is 17.7 Å². The molecule has 0 radical (unpaired) electrons. The average Bonchev–Trinajstić information content (AvgIpc) is 2.86. The fourth-order valence-electron chi connectivity index (χ4n) is 2.37. The fourth-order valence-corrected chi connectivity index (χ4v) is 2.55. The molecule has 1 amide bonds. The number of hydrogen-bond donors (Lipinski definition) is 2. The summed E-state index contributed by atoms with van der Waals surface area (Å²) in [5, 5.41) is 3.63. The second-order valence-electron chi connectivity index (χ2n) is 5.04. The van der Waals surface area contributed by atoms with Gasteiger partial charge in [0.05, 0.1) is 13.1 Å². The normalized spacial score (nSPS) is 17.7. The molecule has 1 fully saturated rings. The number of amides is 1. The van der Waals surface area contributed by atoms with Gasteiger partial charge in [0.1, 0.15) is 0 Å². The quantitative estimate of drug-likeness (QED) is 0.858. The summed E-state index contributed by atoms with van der Waals surface area (Å²) < 4.78 is 0. The molecule has 2 N–H and O–H groups in total. The molecule has 0 saturated carbocycles. The second-order valence-corrected chi connectivity index (χ2v) is 5.45. The molecule has 0 spiro atoms. The maximum Gasteiger partial charge on any atom is 0.282 e. The highest BCUT2D eigenvalue weighted by Crippen LogP contribution is 2.19. The Bertz CT molecular complexity index is 441. The molecule has 1 aromatic rings. The molecule has 1 atom stereocenters. The van der Waals surface area contributed by atoms with E-state index in [9.17, 15) is 4.79 Å². The number of aryl methyl sites for hydroxylation is 1. The lowest BCUT2D eigenvalue weighted by Gasteiger charge is -2.20. The van der Waals surface area contributed by atoms with Crippen LogP contribution in [0.5, 0.6) is 0 Å². The van der Waals surface area contributed by atoms with Crippen LogP contribution in [-0.2, 0) is 4.79 Å². The van der Waals surface area contributed by atoms with Gasteiger partial charge in [-0.15, -0.1) is 0 Å². The van der Waals surface area contributed by atoms with Gasteiger partial charge in [0.25, 0.3) is 5.91 Å². The molecule has 0 aromatic heterocycles. The average molecular weight is 268 g/mol. The number of anilines is 1. The zero-order valence-corrected chi connectivity index (χ0v) is 11.7. The van der Waals surface area contributed by atoms with Crippen molar-refractivity contribution in [2.45, 2.75) is 32.7 Å². The van der Waals surface area contributed by atoms with Crippen molar-refractivity contribution in [2.24, 2.45) is 0 Å². The summed E-state index contributed by atoms with van der Waals surface area (Å²) in [7, 11) is 0. The molecule has 3 nitrogen and oxygen atoms in total. The first kappa shape index (κ1) is 13.4. The minimum absolute atomic E-state index is 0.00702. The van der Waals surface area contributed by atoms with Crippen LogP contribution >= 0.6 is 11.6 Å². The van der Waals surface area contributed by atoms with Crippen molar-refractivity contribution in [3.05, 3.63) is 28.8 Å². The number of rotatable bonds is 3. The van der Waals surface area contributed by atoms with Gasteiger partial charge in [-0.2, -0.15) is 0 Å². The molecule has 1 heterocycles. The van der Waals surface area contributed by atoms with E-state index in [-0.39, 0.29) is 11.9 Å². The lowest BCUT2D eigenvalue weighted by molar-refractivity contribution is -0.901. The standard InChI is InChI=1S/C14H19ClN2O/c1-10-5-6-12(9-13(10)15)16-14(18)11(2)17-7-3-4-8-17/h5-6,9,11H,3-4,7-8H2,1-2H3,(H,16,18)/p+1/t11-/m0/s1. The maximum absolute atomic E-state index is 12.1. The fraction of sp³-hybridized carbons (Fsp3) is 0.500. The van der Waals surface area contributed by atoms with Crippen molar-refractivity contribution >= 4 is 23.2 Å². The summed E-state index contributed by atoms with van der Waals surface area (Å²) >= 11 is 6.05. The van der Waals surface area contributed by atoms with E-state index < -0.39 is 0 Å². The van der Waals surface area contributed by atoms with E-state index >= 15 is 0 Å². The van der Waals surface area contributed by atoms with Crippen LogP contribution in [0.2, 0.25) is 5.02 Å². The van der Waals surface area contributed by atoms with Crippen LogP contribution in [0, 0.1) is 6.92 Å². The summed E-state index contributed by atoms with van der Waals surface area (Å²) in [6, 6.07) is 5.63. The van der Waals surface area contributed by atoms with E-state index in [2.05, 4.69) is 5.32 Å². The van der Waals surface area contributed by atoms with Crippen molar-refractivity contribution in [3.63, 3.8) is 0 Å². The Balaban J connectivity index is 1.99. The van der Waals surface area contributed by atoms with Gasteiger partial charge in [0.2, 0.25) is 0 Å². The molecular formula is C14H20ClN2O+. The smallest absolute Gasteiger partial charge is 0.282 e. The first-order valence-corrected chi connectivity index (χ1v) is 6.87. The Labute approximate surface area is 113 Å². The minimum atomic E-state index is 0.00702. The predicted octanol–water partition coefficient (Wildman–Crippen LogP) is 1.65. The Morgan fingerprint density at radius 3 is 2.67 bits per heavy atom. The molecule has 2 rings (SSSR count). The first-order chi connectivity index (χ1) is 8.58. The topological polar surface area (TPSA) is 33.5 Å². The van der Waals surface area contributed by atoms with Gasteiger partial charge in [-0.25, -0.2) is 0 Å². The molecule has 4 heteroatoms. The summed E-state index contributed by atoms with van der Waals surface area (Å²) in [5.41, 5.74) is 1.80. The largest absolute Gasteiger partial charge is 0.325 e. The Kier molecular flexibility index (Phi) is 4.25. The monoisotopic (exact) mass is 267 g/mol. The lowest BCUT2D eigenvalue weighted by Crippen LogP contribution is -3.14. The van der Waals surface area contributed by atoms with Crippen LogP contribution in [-0.4, -0.2) is 25.0 Å². The van der Waals surface area contributed by atoms with E-state index in [0.29, 0.717) is 5.02 Å². The molecule has 1 aliphatic heterocycles. The molecule has 0 aliphatic carbocycles. The van der Waals surface area contributed by atoms with E-state index in [0.717, 1.165) is 24.3 Å². The highest BCUT2D eigenvalue weighted by Gasteiger charge is 2.27. The van der Waals surface area contributed by atoms with Crippen molar-refractivity contribution in [2.75, 3.05) is 18.4 Å². The highest BCUT2D eigenvalue weighted by molar-refractivity contribution is 6.31. The number of carbonyl (C=O) groups excluding carboxylic acids is 1. The van der Waals surface area contributed by atoms with Crippen molar-refractivity contribution in [1.29, 1.82) is 0 Å². The van der Waals surface area contributed by atoms with E-state index in [1.807, 2.05) is 26.0 Å². The van der Waals surface area contributed by atoms with Crippen LogP contribution in [0.4, 0.5) is 5.69 Å². The van der Waals surface area contributed by atoms with Gasteiger partial charge < -0.3 is 10.2 Å². The van der Waals surface area contributed by atoms with E-state index in [1.54, 1.807) is 6.07 Å². The van der Waals surface area contributed by atoms with Crippen molar-refractivity contribution in [3.8, 4) is 0 Å². The summed E-state index contributed by atoms with van der Waals surface area (Å²) in [6.07, 6.45) is 2.45. The molecule has 0 bridgehead atoms. The molecule has 18 heavy (non-hydrogen) atoms. The number of carbonyl (C=O) groups is 1. The van der Waals surface area contributed by atoms with Crippen molar-refractivity contribution in [1.82, 2.24) is 0 Å². The van der Waals surface area contributed by atoms with Gasteiger partial charge in [-0.1, -0.05) is 17.7 Å². The second kappa shape index (κ2) is 5.72. The molecule has 98 valence electrons. The minimum Gasteiger partial charge on any atom is -0.325 e. The third-order valence-corrected chi connectivity index (χ3v) is 4.10.